The highest BCUT2D eigenvalue weighted by Gasteiger charge is 2.45. The lowest BCUT2D eigenvalue weighted by molar-refractivity contribution is -0.150. The zero-order chi connectivity index (χ0) is 27.6. The van der Waals surface area contributed by atoms with Gasteiger partial charge in [0.25, 0.3) is 5.91 Å². The molecular weight excluding hydrogens is 512 g/mol. The summed E-state index contributed by atoms with van der Waals surface area (Å²) in [6.45, 7) is 4.16. The third kappa shape index (κ3) is 5.84. The van der Waals surface area contributed by atoms with Gasteiger partial charge in [0.15, 0.2) is 0 Å². The van der Waals surface area contributed by atoms with Crippen molar-refractivity contribution < 1.29 is 19.1 Å². The molecule has 2 aliphatic rings. The monoisotopic (exact) mass is 548 g/mol. The van der Waals surface area contributed by atoms with Crippen LogP contribution in [0.4, 0.5) is 0 Å². The van der Waals surface area contributed by atoms with Crippen LogP contribution in [0.2, 0.25) is 0 Å². The van der Waals surface area contributed by atoms with E-state index in [4.69, 9.17) is 4.74 Å². The third-order valence-electron chi connectivity index (χ3n) is 7.86. The third-order valence-corrected chi connectivity index (χ3v) is 8.88. The maximum Gasteiger partial charge on any atom is 0.306 e. The lowest BCUT2D eigenvalue weighted by Gasteiger charge is -2.42. The van der Waals surface area contributed by atoms with Gasteiger partial charge in [0.1, 0.15) is 5.01 Å². The zero-order valence-corrected chi connectivity index (χ0v) is 23.7. The summed E-state index contributed by atoms with van der Waals surface area (Å²) in [5.41, 5.74) is 2.79. The van der Waals surface area contributed by atoms with E-state index in [1.54, 1.807) is 0 Å². The fourth-order valence-corrected chi connectivity index (χ4v) is 6.32. The molecule has 1 aliphatic heterocycles. The van der Waals surface area contributed by atoms with Gasteiger partial charge in [-0.1, -0.05) is 37.6 Å². The standard InChI is InChI=1S/C30H36N4O4S/c1-4-5-12-38-27(35)16-30(14-21-8-6-7-9-22(21)15-30)29(37)31-17-26-32-24-11-10-20(13-25(24)39-26)28(36)34-18-23(19-34)33(2)3/h6-11,13,23H,4-5,12,14-19H2,1-3H3,(H,31,37). The normalized spacial score (nSPS) is 16.3. The molecule has 2 heterocycles. The molecule has 39 heavy (non-hydrogen) atoms. The Balaban J connectivity index is 1.26. The molecule has 3 aromatic rings. The second kappa shape index (κ2) is 11.4. The number of likely N-dealkylation sites (N-methyl/N-ethyl adjacent to an activating group) is 1. The molecule has 8 nitrogen and oxygen atoms in total. The Kier molecular flexibility index (Phi) is 8.00. The number of carbonyl (C=O) groups excluding carboxylic acids is 3. The average molecular weight is 549 g/mol. The summed E-state index contributed by atoms with van der Waals surface area (Å²) in [6.07, 6.45) is 2.82. The van der Waals surface area contributed by atoms with Crippen LogP contribution in [0, 0.1) is 5.41 Å². The minimum Gasteiger partial charge on any atom is -0.466 e. The fourth-order valence-electron chi connectivity index (χ4n) is 5.37. The lowest BCUT2D eigenvalue weighted by Crippen LogP contribution is -2.59. The number of rotatable bonds is 10. The molecule has 1 aromatic heterocycles. The van der Waals surface area contributed by atoms with Gasteiger partial charge >= 0.3 is 5.97 Å². The summed E-state index contributed by atoms with van der Waals surface area (Å²) < 4.78 is 6.35. The number of thiazole rings is 1. The summed E-state index contributed by atoms with van der Waals surface area (Å²) in [5, 5.41) is 3.82. The smallest absolute Gasteiger partial charge is 0.306 e. The number of nitrogens with zero attached hydrogens (tertiary/aromatic N) is 3. The number of hydrogen-bond donors (Lipinski definition) is 1. The molecule has 1 aliphatic carbocycles. The van der Waals surface area contributed by atoms with Crippen LogP contribution in [0.1, 0.15) is 52.7 Å². The number of ether oxygens (including phenoxy) is 1. The van der Waals surface area contributed by atoms with Crippen molar-refractivity contribution in [2.24, 2.45) is 5.41 Å². The van der Waals surface area contributed by atoms with Crippen LogP contribution in [0.15, 0.2) is 42.5 Å². The van der Waals surface area contributed by atoms with Crippen molar-refractivity contribution in [2.45, 2.75) is 51.6 Å². The number of amides is 2. The topological polar surface area (TPSA) is 91.8 Å². The first kappa shape index (κ1) is 27.3. The maximum atomic E-state index is 13.6. The van der Waals surface area contributed by atoms with E-state index in [0.717, 1.165) is 52.3 Å². The highest BCUT2D eigenvalue weighted by atomic mass is 32.1. The predicted molar refractivity (Wildman–Crippen MR) is 152 cm³/mol. The van der Waals surface area contributed by atoms with Gasteiger partial charge < -0.3 is 19.9 Å². The summed E-state index contributed by atoms with van der Waals surface area (Å²) in [5.74, 6) is -0.455. The van der Waals surface area contributed by atoms with E-state index in [-0.39, 0.29) is 30.7 Å². The van der Waals surface area contributed by atoms with Crippen molar-refractivity contribution in [1.29, 1.82) is 0 Å². The molecule has 0 atom stereocenters. The molecule has 0 bridgehead atoms. The molecule has 1 saturated heterocycles. The molecule has 0 unspecified atom stereocenters. The van der Waals surface area contributed by atoms with Crippen LogP contribution >= 0.6 is 11.3 Å². The fraction of sp³-hybridized carbons (Fsp3) is 0.467. The molecular formula is C30H36N4O4S. The van der Waals surface area contributed by atoms with Crippen LogP contribution in [0.3, 0.4) is 0 Å². The van der Waals surface area contributed by atoms with Gasteiger partial charge in [0.2, 0.25) is 5.91 Å². The molecule has 206 valence electrons. The highest BCUT2D eigenvalue weighted by Crippen LogP contribution is 2.40. The minimum atomic E-state index is -0.870. The first-order chi connectivity index (χ1) is 18.8. The second-order valence-corrected chi connectivity index (χ2v) is 12.1. The molecule has 2 aromatic carbocycles. The van der Waals surface area contributed by atoms with Crippen molar-refractivity contribution in [3.8, 4) is 0 Å². The Hall–Kier alpha value is -3.30. The van der Waals surface area contributed by atoms with Crippen molar-refractivity contribution in [1.82, 2.24) is 20.1 Å². The van der Waals surface area contributed by atoms with Crippen LogP contribution in [0.25, 0.3) is 10.2 Å². The minimum absolute atomic E-state index is 0.0341. The Morgan fingerprint density at radius 1 is 1.13 bits per heavy atom. The summed E-state index contributed by atoms with van der Waals surface area (Å²) in [7, 11) is 4.06. The highest BCUT2D eigenvalue weighted by molar-refractivity contribution is 7.18. The Labute approximate surface area is 233 Å². The van der Waals surface area contributed by atoms with E-state index < -0.39 is 5.41 Å². The van der Waals surface area contributed by atoms with E-state index in [1.165, 1.54) is 11.3 Å². The molecule has 0 spiro atoms. The van der Waals surface area contributed by atoms with Crippen LogP contribution in [-0.4, -0.2) is 72.4 Å². The Bertz CT molecular complexity index is 1350. The average Bonchev–Trinajstić information content (AvgIpc) is 3.47. The maximum absolute atomic E-state index is 13.6. The molecule has 9 heteroatoms. The molecule has 1 fully saturated rings. The van der Waals surface area contributed by atoms with Gasteiger partial charge in [0.05, 0.1) is 35.2 Å². The molecule has 2 amide bonds. The van der Waals surface area contributed by atoms with Crippen LogP contribution in [-0.2, 0) is 33.7 Å². The van der Waals surface area contributed by atoms with E-state index in [9.17, 15) is 14.4 Å². The second-order valence-electron chi connectivity index (χ2n) is 11.0. The summed E-state index contributed by atoms with van der Waals surface area (Å²) >= 11 is 1.47. The van der Waals surface area contributed by atoms with Crippen LogP contribution in [0.5, 0.6) is 0 Å². The van der Waals surface area contributed by atoms with Crippen molar-refractivity contribution >= 4 is 39.3 Å². The number of esters is 1. The predicted octanol–water partition coefficient (Wildman–Crippen LogP) is 3.82. The van der Waals surface area contributed by atoms with Gasteiger partial charge in [0, 0.05) is 24.7 Å². The van der Waals surface area contributed by atoms with Crippen molar-refractivity contribution in [2.75, 3.05) is 33.8 Å². The van der Waals surface area contributed by atoms with Gasteiger partial charge in [-0.3, -0.25) is 14.4 Å². The van der Waals surface area contributed by atoms with E-state index in [0.29, 0.717) is 31.1 Å². The van der Waals surface area contributed by atoms with Gasteiger partial charge in [-0.2, -0.15) is 0 Å². The number of nitrogens with one attached hydrogen (secondary N) is 1. The number of aromatic nitrogens is 1. The Morgan fingerprint density at radius 2 is 1.85 bits per heavy atom. The Morgan fingerprint density at radius 3 is 2.51 bits per heavy atom. The molecule has 0 saturated carbocycles. The lowest BCUT2D eigenvalue weighted by atomic mass is 9.80. The quantitative estimate of drug-likeness (QED) is 0.306. The van der Waals surface area contributed by atoms with Gasteiger partial charge in [-0.15, -0.1) is 11.3 Å². The number of likely N-dealkylation sites (tertiary alicyclic amines) is 1. The zero-order valence-electron chi connectivity index (χ0n) is 22.9. The number of benzene rings is 2. The summed E-state index contributed by atoms with van der Waals surface area (Å²) in [4.78, 5) is 47.9. The number of fused-ring (bicyclic) bond motifs is 2. The van der Waals surface area contributed by atoms with Crippen molar-refractivity contribution in [3.63, 3.8) is 0 Å². The van der Waals surface area contributed by atoms with Gasteiger partial charge in [-0.25, -0.2) is 4.98 Å². The summed E-state index contributed by atoms with van der Waals surface area (Å²) in [6, 6.07) is 14.0. The van der Waals surface area contributed by atoms with E-state index >= 15 is 0 Å². The van der Waals surface area contributed by atoms with E-state index in [2.05, 4.69) is 15.2 Å². The number of carbonyl (C=O) groups is 3. The first-order valence-electron chi connectivity index (χ1n) is 13.6. The van der Waals surface area contributed by atoms with Gasteiger partial charge in [-0.05, 0) is 62.7 Å². The van der Waals surface area contributed by atoms with E-state index in [1.807, 2.05) is 68.4 Å². The molecule has 1 N–H and O–H groups in total. The SMILES string of the molecule is CCCCOC(=O)CC1(C(=O)NCc2nc3ccc(C(=O)N4CC(N(C)C)C4)cc3s2)Cc2ccccc2C1. The molecule has 5 rings (SSSR count). The number of hydrogen-bond acceptors (Lipinski definition) is 7. The van der Waals surface area contributed by atoms with Crippen molar-refractivity contribution in [3.05, 3.63) is 64.2 Å². The first-order valence-corrected chi connectivity index (χ1v) is 14.5. The molecule has 0 radical (unpaired) electrons. The number of unbranched alkanes of at least 4 members (excludes halogenated alkanes) is 1. The van der Waals surface area contributed by atoms with Crippen LogP contribution < -0.4 is 5.32 Å². The largest absolute Gasteiger partial charge is 0.466 e.